The van der Waals surface area contributed by atoms with E-state index in [9.17, 15) is 0 Å². The Balaban J connectivity index is 2.85. The van der Waals surface area contributed by atoms with Gasteiger partial charge in [-0.3, -0.25) is 10.6 Å². The smallest absolute Gasteiger partial charge is 0.217 e. The molecule has 0 aliphatic carbocycles. The number of para-hydroxylation sites is 1. The molecule has 1 aromatic rings. The van der Waals surface area contributed by atoms with E-state index in [2.05, 4.69) is 0 Å². The van der Waals surface area contributed by atoms with E-state index in [1.165, 1.54) is 0 Å². The summed E-state index contributed by atoms with van der Waals surface area (Å²) in [4.78, 5) is 0. The van der Waals surface area contributed by atoms with Crippen molar-refractivity contribution in [1.29, 1.82) is 5.41 Å². The van der Waals surface area contributed by atoms with Gasteiger partial charge in [0.2, 0.25) is 5.96 Å². The third-order valence-corrected chi connectivity index (χ3v) is 1.23. The molecule has 4 N–H and O–H groups in total. The van der Waals surface area contributed by atoms with Gasteiger partial charge in [-0.15, -0.1) is 0 Å². The lowest BCUT2D eigenvalue weighted by Gasteiger charge is -2.12. The fraction of sp³-hybridized carbons (Fsp3) is 0. The Hall–Kier alpha value is -1.55. The van der Waals surface area contributed by atoms with Crippen LogP contribution in [0.15, 0.2) is 30.3 Å². The largest absolute Gasteiger partial charge is 0.368 e. The molecule has 0 fully saturated rings. The first kappa shape index (κ1) is 7.56. The van der Waals surface area contributed by atoms with Crippen LogP contribution in [0, 0.1) is 5.41 Å². The zero-order valence-electron chi connectivity index (χ0n) is 5.86. The molecule has 0 aliphatic heterocycles. The number of nitrogens with one attached hydrogen (secondary N) is 1. The molecule has 1 rings (SSSR count). The molecule has 58 valence electrons. The van der Waals surface area contributed by atoms with Crippen LogP contribution in [0.25, 0.3) is 0 Å². The number of anilines is 1. The quantitative estimate of drug-likeness (QED) is 0.315. The second-order valence-electron chi connectivity index (χ2n) is 2.03. The van der Waals surface area contributed by atoms with Gasteiger partial charge in [-0.1, -0.05) is 18.2 Å². The number of benzene rings is 1. The maximum atomic E-state index is 9.08. The van der Waals surface area contributed by atoms with Gasteiger partial charge in [0.1, 0.15) is 0 Å². The van der Waals surface area contributed by atoms with Gasteiger partial charge in [0.15, 0.2) is 0 Å². The lowest BCUT2D eigenvalue weighted by Crippen LogP contribution is -2.33. The van der Waals surface area contributed by atoms with Crippen LogP contribution in [-0.2, 0) is 0 Å². The fourth-order valence-electron chi connectivity index (χ4n) is 0.708. The summed E-state index contributed by atoms with van der Waals surface area (Å²) >= 11 is 0. The third kappa shape index (κ3) is 1.68. The molecule has 0 saturated heterocycles. The average molecular weight is 151 g/mol. The maximum Gasteiger partial charge on any atom is 0.217 e. The van der Waals surface area contributed by atoms with E-state index >= 15 is 0 Å². The number of hydroxylamine groups is 1. The summed E-state index contributed by atoms with van der Waals surface area (Å²) in [6.07, 6.45) is 0. The van der Waals surface area contributed by atoms with Gasteiger partial charge in [0.25, 0.3) is 0 Å². The van der Waals surface area contributed by atoms with E-state index < -0.39 is 5.96 Å². The summed E-state index contributed by atoms with van der Waals surface area (Å²) in [5.41, 5.74) is 5.51. The van der Waals surface area contributed by atoms with Crippen LogP contribution < -0.4 is 10.8 Å². The molecule has 0 saturated carbocycles. The summed E-state index contributed by atoms with van der Waals surface area (Å²) in [6, 6.07) is 8.63. The second kappa shape index (κ2) is 3.03. The molecule has 1 aromatic carbocycles. The minimum absolute atomic E-state index is 0.392. The Bertz CT molecular complexity index is 247. The van der Waals surface area contributed by atoms with Crippen molar-refractivity contribution < 1.29 is 5.21 Å². The van der Waals surface area contributed by atoms with Gasteiger partial charge in [0.05, 0.1) is 5.69 Å². The van der Waals surface area contributed by atoms with Crippen molar-refractivity contribution in [2.45, 2.75) is 0 Å². The van der Waals surface area contributed by atoms with Crippen molar-refractivity contribution in [2.75, 3.05) is 5.06 Å². The highest BCUT2D eigenvalue weighted by Gasteiger charge is 2.02. The molecule has 0 bridgehead atoms. The van der Waals surface area contributed by atoms with Crippen molar-refractivity contribution in [2.24, 2.45) is 5.73 Å². The molecule has 11 heavy (non-hydrogen) atoms. The van der Waals surface area contributed by atoms with Crippen molar-refractivity contribution in [3.8, 4) is 0 Å². The molecule has 0 spiro atoms. The van der Waals surface area contributed by atoms with Crippen LogP contribution in [0.3, 0.4) is 0 Å². The Morgan fingerprint density at radius 1 is 1.36 bits per heavy atom. The molecule has 4 nitrogen and oxygen atoms in total. The highest BCUT2D eigenvalue weighted by molar-refractivity contribution is 5.89. The zero-order chi connectivity index (χ0) is 8.27. The minimum Gasteiger partial charge on any atom is -0.368 e. The standard InChI is InChI=1S/C7H9N3O/c8-7(9)10(11)6-4-2-1-3-5-6/h1-5,11H,(H3,8,9). The summed E-state index contributed by atoms with van der Waals surface area (Å²) in [5.74, 6) is -0.392. The molecule has 0 aliphatic rings. The number of rotatable bonds is 1. The molecular formula is C7H9N3O. The molecule has 0 heterocycles. The topological polar surface area (TPSA) is 73.3 Å². The van der Waals surface area contributed by atoms with Crippen LogP contribution in [0.2, 0.25) is 0 Å². The number of hydrogen-bond acceptors (Lipinski definition) is 2. The molecule has 0 unspecified atom stereocenters. The first-order valence-electron chi connectivity index (χ1n) is 3.10. The molecule has 0 aromatic heterocycles. The molecular weight excluding hydrogens is 142 g/mol. The van der Waals surface area contributed by atoms with E-state index in [0.717, 1.165) is 0 Å². The van der Waals surface area contributed by atoms with E-state index in [-0.39, 0.29) is 0 Å². The number of nitrogens with two attached hydrogens (primary N) is 1. The zero-order valence-corrected chi connectivity index (χ0v) is 5.86. The van der Waals surface area contributed by atoms with Gasteiger partial charge in [-0.05, 0) is 12.1 Å². The van der Waals surface area contributed by atoms with Crippen LogP contribution in [-0.4, -0.2) is 11.2 Å². The Kier molecular flexibility index (Phi) is 2.08. The summed E-state index contributed by atoms with van der Waals surface area (Å²) in [5, 5.41) is 16.6. The van der Waals surface area contributed by atoms with E-state index in [1.54, 1.807) is 24.3 Å². The van der Waals surface area contributed by atoms with E-state index in [4.69, 9.17) is 16.4 Å². The highest BCUT2D eigenvalue weighted by atomic mass is 16.5. The first-order chi connectivity index (χ1) is 5.22. The normalized spacial score (nSPS) is 9.18. The molecule has 4 heteroatoms. The lowest BCUT2D eigenvalue weighted by molar-refractivity contribution is 0.310. The highest BCUT2D eigenvalue weighted by Crippen LogP contribution is 2.08. The Morgan fingerprint density at radius 2 is 1.91 bits per heavy atom. The Labute approximate surface area is 64.3 Å². The predicted molar refractivity (Wildman–Crippen MR) is 42.6 cm³/mol. The monoisotopic (exact) mass is 151 g/mol. The van der Waals surface area contributed by atoms with E-state index in [0.29, 0.717) is 10.8 Å². The van der Waals surface area contributed by atoms with Crippen LogP contribution in [0.4, 0.5) is 5.69 Å². The van der Waals surface area contributed by atoms with Gasteiger partial charge < -0.3 is 5.73 Å². The van der Waals surface area contributed by atoms with Crippen LogP contribution in [0.5, 0.6) is 0 Å². The van der Waals surface area contributed by atoms with E-state index in [1.807, 2.05) is 6.07 Å². The predicted octanol–water partition coefficient (Wildman–Crippen LogP) is 0.776. The number of nitrogens with zero attached hydrogens (tertiary/aromatic N) is 1. The maximum absolute atomic E-state index is 9.08. The van der Waals surface area contributed by atoms with Crippen molar-refractivity contribution in [3.63, 3.8) is 0 Å². The molecule has 0 atom stereocenters. The fourth-order valence-corrected chi connectivity index (χ4v) is 0.708. The third-order valence-electron chi connectivity index (χ3n) is 1.23. The van der Waals surface area contributed by atoms with Gasteiger partial charge in [0, 0.05) is 0 Å². The summed E-state index contributed by atoms with van der Waals surface area (Å²) in [6.45, 7) is 0. The van der Waals surface area contributed by atoms with Crippen molar-refractivity contribution in [3.05, 3.63) is 30.3 Å². The van der Waals surface area contributed by atoms with Gasteiger partial charge in [-0.2, -0.15) is 5.06 Å². The van der Waals surface area contributed by atoms with Crippen LogP contribution >= 0.6 is 0 Å². The van der Waals surface area contributed by atoms with Crippen molar-refractivity contribution >= 4 is 11.6 Å². The lowest BCUT2D eigenvalue weighted by atomic mass is 10.3. The SMILES string of the molecule is N=C(N)N(O)c1ccccc1. The minimum atomic E-state index is -0.392. The van der Waals surface area contributed by atoms with Gasteiger partial charge in [-0.25, -0.2) is 0 Å². The summed E-state index contributed by atoms with van der Waals surface area (Å²) < 4.78 is 0. The Morgan fingerprint density at radius 3 is 2.36 bits per heavy atom. The molecule has 0 radical (unpaired) electrons. The van der Waals surface area contributed by atoms with Crippen molar-refractivity contribution in [1.82, 2.24) is 0 Å². The number of guanidine groups is 1. The average Bonchev–Trinajstić information content (AvgIpc) is 2.05. The summed E-state index contributed by atoms with van der Waals surface area (Å²) in [7, 11) is 0. The van der Waals surface area contributed by atoms with Gasteiger partial charge >= 0.3 is 0 Å². The number of hydrogen-bond donors (Lipinski definition) is 3. The first-order valence-corrected chi connectivity index (χ1v) is 3.10. The molecule has 0 amide bonds. The second-order valence-corrected chi connectivity index (χ2v) is 2.03. The van der Waals surface area contributed by atoms with Crippen LogP contribution in [0.1, 0.15) is 0 Å².